The summed E-state index contributed by atoms with van der Waals surface area (Å²) >= 11 is 0. The summed E-state index contributed by atoms with van der Waals surface area (Å²) in [6.07, 6.45) is 4.35. The van der Waals surface area contributed by atoms with Crippen LogP contribution in [0.1, 0.15) is 11.1 Å². The SMILES string of the molecule is C(=Cc1ccc(-c2c3ccccc3c(-c3ccc(-c4ccc(N5CCOCC5)cc4)cc3)c3ccccc23)cc1)c1ccccc1. The number of ether oxygens (including phenoxy) is 1. The molecule has 0 bridgehead atoms. The van der Waals surface area contributed by atoms with Gasteiger partial charge in [0.1, 0.15) is 0 Å². The molecule has 0 spiro atoms. The first-order valence-electron chi connectivity index (χ1n) is 16.1. The van der Waals surface area contributed by atoms with Crippen molar-refractivity contribution in [2.75, 3.05) is 31.2 Å². The zero-order valence-corrected chi connectivity index (χ0v) is 25.8. The molecule has 0 aromatic heterocycles. The third-order valence-electron chi connectivity index (χ3n) is 9.15. The minimum atomic E-state index is 0.798. The molecule has 1 aliphatic heterocycles. The van der Waals surface area contributed by atoms with E-state index in [1.807, 2.05) is 6.07 Å². The van der Waals surface area contributed by atoms with E-state index >= 15 is 0 Å². The van der Waals surface area contributed by atoms with Crippen molar-refractivity contribution >= 4 is 39.4 Å². The molecule has 0 amide bonds. The number of hydrogen-bond acceptors (Lipinski definition) is 2. The van der Waals surface area contributed by atoms with Gasteiger partial charge in [-0.15, -0.1) is 0 Å². The van der Waals surface area contributed by atoms with Crippen LogP contribution < -0.4 is 4.90 Å². The van der Waals surface area contributed by atoms with Crippen LogP contribution in [-0.2, 0) is 4.74 Å². The number of morpholine rings is 1. The molecule has 1 aliphatic rings. The van der Waals surface area contributed by atoms with Crippen molar-refractivity contribution in [3.63, 3.8) is 0 Å². The Bertz CT molecular complexity index is 2080. The van der Waals surface area contributed by atoms with Crippen LogP contribution in [0.2, 0.25) is 0 Å². The summed E-state index contributed by atoms with van der Waals surface area (Å²) in [4.78, 5) is 2.40. The van der Waals surface area contributed by atoms with Gasteiger partial charge in [-0.05, 0) is 78.2 Å². The Morgan fingerprint density at radius 1 is 0.391 bits per heavy atom. The van der Waals surface area contributed by atoms with Gasteiger partial charge in [0.15, 0.2) is 0 Å². The average Bonchev–Trinajstić information content (AvgIpc) is 3.14. The van der Waals surface area contributed by atoms with E-state index in [4.69, 9.17) is 4.74 Å². The molecule has 1 saturated heterocycles. The molecule has 222 valence electrons. The second kappa shape index (κ2) is 12.5. The van der Waals surface area contributed by atoms with E-state index in [0.717, 1.165) is 26.3 Å². The topological polar surface area (TPSA) is 12.5 Å². The fourth-order valence-corrected chi connectivity index (χ4v) is 6.78. The smallest absolute Gasteiger partial charge is 0.0642 e. The lowest BCUT2D eigenvalue weighted by molar-refractivity contribution is 0.122. The van der Waals surface area contributed by atoms with E-state index in [9.17, 15) is 0 Å². The largest absolute Gasteiger partial charge is 0.378 e. The standard InChI is InChI=1S/C44H35NO/c1-2-8-32(9-3-1)14-15-33-16-18-36(19-17-33)43-39-10-4-6-12-41(39)44(42-13-7-5-11-40(42)43)37-22-20-34(21-23-37)35-24-26-38(27-25-35)45-28-30-46-31-29-45/h1-27H,28-31H2. The maximum Gasteiger partial charge on any atom is 0.0642 e. The van der Waals surface area contributed by atoms with Crippen molar-refractivity contribution in [1.82, 2.24) is 0 Å². The molecule has 1 fully saturated rings. The van der Waals surface area contributed by atoms with E-state index in [1.165, 1.54) is 71.7 Å². The summed E-state index contributed by atoms with van der Waals surface area (Å²) in [5, 5.41) is 5.08. The van der Waals surface area contributed by atoms with E-state index in [0.29, 0.717) is 0 Å². The highest BCUT2D eigenvalue weighted by Gasteiger charge is 2.17. The van der Waals surface area contributed by atoms with Gasteiger partial charge in [0.25, 0.3) is 0 Å². The summed E-state index contributed by atoms with van der Waals surface area (Å²) in [6, 6.07) is 55.2. The van der Waals surface area contributed by atoms with E-state index in [2.05, 4.69) is 163 Å². The van der Waals surface area contributed by atoms with E-state index in [1.54, 1.807) is 0 Å². The highest BCUT2D eigenvalue weighted by atomic mass is 16.5. The second-order valence-corrected chi connectivity index (χ2v) is 11.9. The summed E-state index contributed by atoms with van der Waals surface area (Å²) in [7, 11) is 0. The van der Waals surface area contributed by atoms with Gasteiger partial charge < -0.3 is 9.64 Å². The Labute approximate surface area is 270 Å². The molecule has 0 unspecified atom stereocenters. The number of anilines is 1. The molecule has 0 N–H and O–H groups in total. The predicted octanol–water partition coefficient (Wildman–Crippen LogP) is 11.0. The van der Waals surface area contributed by atoms with Crippen LogP contribution in [-0.4, -0.2) is 26.3 Å². The van der Waals surface area contributed by atoms with Gasteiger partial charge in [0.05, 0.1) is 13.2 Å². The second-order valence-electron chi connectivity index (χ2n) is 11.9. The monoisotopic (exact) mass is 593 g/mol. The fraction of sp³-hybridized carbons (Fsp3) is 0.0909. The predicted molar refractivity (Wildman–Crippen MR) is 196 cm³/mol. The summed E-state index contributed by atoms with van der Waals surface area (Å²) in [5.74, 6) is 0. The van der Waals surface area contributed by atoms with Crippen molar-refractivity contribution in [3.8, 4) is 33.4 Å². The van der Waals surface area contributed by atoms with Crippen molar-refractivity contribution in [2.45, 2.75) is 0 Å². The lowest BCUT2D eigenvalue weighted by Gasteiger charge is -2.28. The third-order valence-corrected chi connectivity index (χ3v) is 9.15. The number of nitrogens with zero attached hydrogens (tertiary/aromatic N) is 1. The zero-order valence-electron chi connectivity index (χ0n) is 25.8. The highest BCUT2D eigenvalue weighted by Crippen LogP contribution is 2.44. The minimum absolute atomic E-state index is 0.798. The molecule has 46 heavy (non-hydrogen) atoms. The maximum absolute atomic E-state index is 5.53. The van der Waals surface area contributed by atoms with Crippen LogP contribution in [0.25, 0.3) is 67.1 Å². The number of fused-ring (bicyclic) bond motifs is 2. The quantitative estimate of drug-likeness (QED) is 0.140. The van der Waals surface area contributed by atoms with Crippen molar-refractivity contribution < 1.29 is 4.74 Å². The summed E-state index contributed by atoms with van der Waals surface area (Å²) in [5.41, 5.74) is 11.1. The van der Waals surface area contributed by atoms with Gasteiger partial charge in [0.2, 0.25) is 0 Å². The molecule has 1 heterocycles. The van der Waals surface area contributed by atoms with Crippen molar-refractivity contribution in [3.05, 3.63) is 163 Å². The third kappa shape index (κ3) is 5.49. The Morgan fingerprint density at radius 3 is 1.28 bits per heavy atom. The average molecular weight is 594 g/mol. The van der Waals surface area contributed by atoms with E-state index < -0.39 is 0 Å². The molecule has 0 atom stereocenters. The Balaban J connectivity index is 1.16. The van der Waals surface area contributed by atoms with Gasteiger partial charge in [-0.1, -0.05) is 152 Å². The number of benzene rings is 7. The summed E-state index contributed by atoms with van der Waals surface area (Å²) < 4.78 is 5.53. The molecular formula is C44H35NO. The maximum atomic E-state index is 5.53. The Morgan fingerprint density at radius 2 is 0.783 bits per heavy atom. The molecule has 0 aliphatic carbocycles. The van der Waals surface area contributed by atoms with Crippen LogP contribution in [0.5, 0.6) is 0 Å². The Kier molecular flexibility index (Phi) is 7.63. The zero-order chi connectivity index (χ0) is 30.7. The van der Waals surface area contributed by atoms with Crippen LogP contribution >= 0.6 is 0 Å². The molecule has 0 radical (unpaired) electrons. The molecular weight excluding hydrogens is 558 g/mol. The van der Waals surface area contributed by atoms with Gasteiger partial charge >= 0.3 is 0 Å². The van der Waals surface area contributed by atoms with Gasteiger partial charge in [0, 0.05) is 18.8 Å². The number of hydrogen-bond donors (Lipinski definition) is 0. The first kappa shape index (κ1) is 28.1. The lowest BCUT2D eigenvalue weighted by Crippen LogP contribution is -2.36. The molecule has 0 saturated carbocycles. The Hall–Kier alpha value is -5.44. The van der Waals surface area contributed by atoms with Crippen molar-refractivity contribution in [2.24, 2.45) is 0 Å². The minimum Gasteiger partial charge on any atom is -0.378 e. The lowest BCUT2D eigenvalue weighted by atomic mass is 9.85. The van der Waals surface area contributed by atoms with Crippen LogP contribution in [0.15, 0.2) is 152 Å². The normalized spacial score (nSPS) is 13.5. The highest BCUT2D eigenvalue weighted by molar-refractivity contribution is 6.21. The molecule has 7 aromatic carbocycles. The van der Waals surface area contributed by atoms with E-state index in [-0.39, 0.29) is 0 Å². The molecule has 2 heteroatoms. The first-order chi connectivity index (χ1) is 22.8. The van der Waals surface area contributed by atoms with Gasteiger partial charge in [-0.25, -0.2) is 0 Å². The van der Waals surface area contributed by atoms with Crippen LogP contribution in [0, 0.1) is 0 Å². The van der Waals surface area contributed by atoms with Crippen LogP contribution in [0.4, 0.5) is 5.69 Å². The first-order valence-corrected chi connectivity index (χ1v) is 16.1. The molecule has 7 aromatic rings. The van der Waals surface area contributed by atoms with Crippen molar-refractivity contribution in [1.29, 1.82) is 0 Å². The molecule has 2 nitrogen and oxygen atoms in total. The van der Waals surface area contributed by atoms with Crippen LogP contribution in [0.3, 0.4) is 0 Å². The summed E-state index contributed by atoms with van der Waals surface area (Å²) in [6.45, 7) is 3.50. The van der Waals surface area contributed by atoms with Gasteiger partial charge in [-0.2, -0.15) is 0 Å². The molecule has 8 rings (SSSR count). The van der Waals surface area contributed by atoms with Gasteiger partial charge in [-0.3, -0.25) is 0 Å². The number of rotatable bonds is 6. The fourth-order valence-electron chi connectivity index (χ4n) is 6.78.